The molecule has 2 aromatic rings. The first-order chi connectivity index (χ1) is 5.81. The molecule has 0 radical (unpaired) electrons. The maximum absolute atomic E-state index is 5.62. The van der Waals surface area contributed by atoms with E-state index in [2.05, 4.69) is 10.2 Å². The van der Waals surface area contributed by atoms with Crippen LogP contribution in [0.3, 0.4) is 0 Å². The lowest BCUT2D eigenvalue weighted by Gasteiger charge is -1.89. The van der Waals surface area contributed by atoms with E-state index in [-0.39, 0.29) is 12.4 Å². The standard InChI is InChI=1S/C7H8N4S.ClH/c8-2-5-1-4-3-10-11-7(9)6(4)12-5;/h1,3H,2,8H2,(H2,9,11);1H. The zero-order valence-electron chi connectivity index (χ0n) is 6.73. The lowest BCUT2D eigenvalue weighted by molar-refractivity contribution is 1.06. The Labute approximate surface area is 85.4 Å². The summed E-state index contributed by atoms with van der Waals surface area (Å²) in [7, 11) is 0. The number of halogens is 1. The zero-order chi connectivity index (χ0) is 8.55. The van der Waals surface area contributed by atoms with E-state index in [1.165, 1.54) is 0 Å². The van der Waals surface area contributed by atoms with Crippen molar-refractivity contribution in [3.05, 3.63) is 17.1 Å². The van der Waals surface area contributed by atoms with Crippen LogP contribution in [-0.2, 0) is 6.54 Å². The number of hydrogen-bond acceptors (Lipinski definition) is 5. The SMILES string of the molecule is Cl.NCc1cc2cnnc(N)c2s1. The molecule has 2 rings (SSSR count). The fraction of sp³-hybridized carbons (Fsp3) is 0.143. The summed E-state index contributed by atoms with van der Waals surface area (Å²) in [6.45, 7) is 0.540. The van der Waals surface area contributed by atoms with E-state index in [0.717, 1.165) is 15.0 Å². The molecule has 0 saturated heterocycles. The second-order valence-corrected chi connectivity index (χ2v) is 3.57. The minimum Gasteiger partial charge on any atom is -0.381 e. The van der Waals surface area contributed by atoms with Crippen molar-refractivity contribution < 1.29 is 0 Å². The summed E-state index contributed by atoms with van der Waals surface area (Å²) in [5, 5.41) is 8.52. The second kappa shape index (κ2) is 3.87. The normalized spacial score (nSPS) is 9.92. The summed E-state index contributed by atoms with van der Waals surface area (Å²) >= 11 is 1.57. The Hall–Kier alpha value is -0.910. The van der Waals surface area contributed by atoms with Gasteiger partial charge >= 0.3 is 0 Å². The molecule has 0 saturated carbocycles. The number of nitrogens with two attached hydrogens (primary N) is 2. The third-order valence-corrected chi connectivity index (χ3v) is 2.80. The van der Waals surface area contributed by atoms with Gasteiger partial charge in [0, 0.05) is 16.8 Å². The highest BCUT2D eigenvalue weighted by Crippen LogP contribution is 2.27. The Bertz CT molecular complexity index is 414. The predicted octanol–water partition coefficient (Wildman–Crippen LogP) is 1.15. The van der Waals surface area contributed by atoms with Crippen LogP contribution in [0.5, 0.6) is 0 Å². The Balaban J connectivity index is 0.000000845. The molecule has 0 bridgehead atoms. The fourth-order valence-electron chi connectivity index (χ4n) is 1.05. The van der Waals surface area contributed by atoms with Crippen molar-refractivity contribution in [2.75, 3.05) is 5.73 Å². The third-order valence-electron chi connectivity index (χ3n) is 1.61. The lowest BCUT2D eigenvalue weighted by Crippen LogP contribution is -1.91. The molecule has 70 valence electrons. The largest absolute Gasteiger partial charge is 0.381 e. The molecule has 0 aliphatic carbocycles. The molecule has 13 heavy (non-hydrogen) atoms. The van der Waals surface area contributed by atoms with Gasteiger partial charge in [-0.25, -0.2) is 0 Å². The van der Waals surface area contributed by atoms with Crippen LogP contribution in [0, 0.1) is 0 Å². The Morgan fingerprint density at radius 1 is 1.46 bits per heavy atom. The highest BCUT2D eigenvalue weighted by molar-refractivity contribution is 7.19. The first-order valence-corrected chi connectivity index (χ1v) is 4.32. The molecule has 2 aromatic heterocycles. The molecule has 0 aromatic carbocycles. The number of hydrogen-bond donors (Lipinski definition) is 2. The second-order valence-electron chi connectivity index (χ2n) is 2.43. The maximum atomic E-state index is 5.62. The lowest BCUT2D eigenvalue weighted by atomic mass is 10.3. The van der Waals surface area contributed by atoms with Gasteiger partial charge in [-0.1, -0.05) is 0 Å². The highest BCUT2D eigenvalue weighted by Gasteiger charge is 2.03. The van der Waals surface area contributed by atoms with Crippen LogP contribution >= 0.6 is 23.7 Å². The van der Waals surface area contributed by atoms with E-state index in [1.807, 2.05) is 6.07 Å². The third kappa shape index (κ3) is 1.72. The zero-order valence-corrected chi connectivity index (χ0v) is 8.36. The van der Waals surface area contributed by atoms with Gasteiger partial charge in [-0.15, -0.1) is 28.8 Å². The van der Waals surface area contributed by atoms with Crippen LogP contribution in [0.1, 0.15) is 4.88 Å². The first kappa shape index (κ1) is 10.2. The van der Waals surface area contributed by atoms with Crippen molar-refractivity contribution in [2.45, 2.75) is 6.54 Å². The molecule has 4 nitrogen and oxygen atoms in total. The average molecular weight is 217 g/mol. The number of nitrogen functional groups attached to an aromatic ring is 1. The first-order valence-electron chi connectivity index (χ1n) is 3.51. The summed E-state index contributed by atoms with van der Waals surface area (Å²) in [5.74, 6) is 0.484. The molecule has 0 fully saturated rings. The molecule has 2 heterocycles. The molecular weight excluding hydrogens is 208 g/mol. The van der Waals surface area contributed by atoms with E-state index in [0.29, 0.717) is 12.4 Å². The minimum absolute atomic E-state index is 0. The molecule has 0 unspecified atom stereocenters. The Morgan fingerprint density at radius 2 is 2.23 bits per heavy atom. The van der Waals surface area contributed by atoms with Crippen LogP contribution in [-0.4, -0.2) is 10.2 Å². The van der Waals surface area contributed by atoms with E-state index >= 15 is 0 Å². The van der Waals surface area contributed by atoms with Gasteiger partial charge < -0.3 is 11.5 Å². The molecule has 0 aliphatic rings. The number of anilines is 1. The highest BCUT2D eigenvalue weighted by atomic mass is 35.5. The molecule has 0 amide bonds. The van der Waals surface area contributed by atoms with Crippen LogP contribution in [0.15, 0.2) is 12.3 Å². The average Bonchev–Trinajstić information content (AvgIpc) is 2.49. The summed E-state index contributed by atoms with van der Waals surface area (Å²) in [5.41, 5.74) is 11.1. The number of thiophene rings is 1. The van der Waals surface area contributed by atoms with E-state index in [1.54, 1.807) is 17.5 Å². The van der Waals surface area contributed by atoms with Crippen molar-refractivity contribution in [1.82, 2.24) is 10.2 Å². The van der Waals surface area contributed by atoms with E-state index in [4.69, 9.17) is 11.5 Å². The van der Waals surface area contributed by atoms with Gasteiger partial charge in [-0.3, -0.25) is 0 Å². The number of aromatic nitrogens is 2. The van der Waals surface area contributed by atoms with Crippen molar-refractivity contribution in [3.8, 4) is 0 Å². The van der Waals surface area contributed by atoms with Gasteiger partial charge in [0.05, 0.1) is 10.9 Å². The number of rotatable bonds is 1. The quantitative estimate of drug-likeness (QED) is 0.750. The van der Waals surface area contributed by atoms with Gasteiger partial charge in [0.15, 0.2) is 5.82 Å². The smallest absolute Gasteiger partial charge is 0.164 e. The van der Waals surface area contributed by atoms with Crippen LogP contribution in [0.25, 0.3) is 10.1 Å². The molecule has 0 aliphatic heterocycles. The minimum atomic E-state index is 0. The Kier molecular flexibility index (Phi) is 3.02. The van der Waals surface area contributed by atoms with Gasteiger partial charge in [0.2, 0.25) is 0 Å². The van der Waals surface area contributed by atoms with Gasteiger partial charge in [-0.2, -0.15) is 5.10 Å². The van der Waals surface area contributed by atoms with E-state index < -0.39 is 0 Å². The van der Waals surface area contributed by atoms with Crippen molar-refractivity contribution in [2.24, 2.45) is 5.73 Å². The van der Waals surface area contributed by atoms with Gasteiger partial charge in [-0.05, 0) is 6.07 Å². The summed E-state index contributed by atoms with van der Waals surface area (Å²) in [4.78, 5) is 1.10. The van der Waals surface area contributed by atoms with Crippen molar-refractivity contribution >= 4 is 39.6 Å². The summed E-state index contributed by atoms with van der Waals surface area (Å²) in [6, 6.07) is 1.99. The van der Waals surface area contributed by atoms with Crippen LogP contribution in [0.2, 0.25) is 0 Å². The summed E-state index contributed by atoms with van der Waals surface area (Å²) in [6.07, 6.45) is 1.70. The van der Waals surface area contributed by atoms with Crippen molar-refractivity contribution in [3.63, 3.8) is 0 Å². The maximum Gasteiger partial charge on any atom is 0.164 e. The molecule has 0 spiro atoms. The number of fused-ring (bicyclic) bond motifs is 1. The molecular formula is C7H9ClN4S. The van der Waals surface area contributed by atoms with Crippen LogP contribution < -0.4 is 11.5 Å². The monoisotopic (exact) mass is 216 g/mol. The van der Waals surface area contributed by atoms with Gasteiger partial charge in [0.1, 0.15) is 0 Å². The Morgan fingerprint density at radius 3 is 2.85 bits per heavy atom. The summed E-state index contributed by atoms with van der Waals surface area (Å²) < 4.78 is 0.977. The molecule has 0 atom stereocenters. The molecule has 6 heteroatoms. The van der Waals surface area contributed by atoms with Gasteiger partial charge in [0.25, 0.3) is 0 Å². The topological polar surface area (TPSA) is 77.8 Å². The van der Waals surface area contributed by atoms with E-state index in [9.17, 15) is 0 Å². The van der Waals surface area contributed by atoms with Crippen molar-refractivity contribution in [1.29, 1.82) is 0 Å². The molecule has 4 N–H and O–H groups in total. The fourth-order valence-corrected chi connectivity index (χ4v) is 1.96. The predicted molar refractivity (Wildman–Crippen MR) is 57.0 cm³/mol. The van der Waals surface area contributed by atoms with Crippen LogP contribution in [0.4, 0.5) is 5.82 Å². The number of nitrogens with zero attached hydrogens (tertiary/aromatic N) is 2.